The normalized spacial score (nSPS) is 19.3. The van der Waals surface area contributed by atoms with Crippen LogP contribution >= 0.6 is 0 Å². The number of rotatable bonds is 7. The first kappa shape index (κ1) is 16.0. The molecule has 3 rings (SSSR count). The van der Waals surface area contributed by atoms with E-state index in [0.717, 1.165) is 31.2 Å². The Morgan fingerprint density at radius 2 is 2.04 bits per heavy atom. The van der Waals surface area contributed by atoms with Crippen LogP contribution in [0.1, 0.15) is 51.0 Å². The van der Waals surface area contributed by atoms with Crippen molar-refractivity contribution in [1.29, 1.82) is 0 Å². The van der Waals surface area contributed by atoms with E-state index >= 15 is 0 Å². The third-order valence-corrected chi connectivity index (χ3v) is 4.91. The second kappa shape index (κ2) is 6.69. The van der Waals surface area contributed by atoms with E-state index in [2.05, 4.69) is 5.18 Å². The summed E-state index contributed by atoms with van der Waals surface area (Å²) in [5.74, 6) is 0.904. The van der Waals surface area contributed by atoms with Crippen LogP contribution in [0.3, 0.4) is 0 Å². The zero-order valence-electron chi connectivity index (χ0n) is 13.5. The van der Waals surface area contributed by atoms with Crippen LogP contribution in [0.2, 0.25) is 0 Å². The lowest BCUT2D eigenvalue weighted by Crippen LogP contribution is -2.34. The average molecular weight is 317 g/mol. The molecule has 23 heavy (non-hydrogen) atoms. The van der Waals surface area contributed by atoms with E-state index in [4.69, 9.17) is 9.47 Å². The second-order valence-corrected chi connectivity index (χ2v) is 6.54. The van der Waals surface area contributed by atoms with Gasteiger partial charge in [-0.15, -0.1) is 4.91 Å². The van der Waals surface area contributed by atoms with Crippen molar-refractivity contribution in [3.8, 4) is 5.75 Å². The average Bonchev–Trinajstić information content (AvgIpc) is 3.26. The van der Waals surface area contributed by atoms with Crippen molar-refractivity contribution >= 4 is 11.7 Å². The van der Waals surface area contributed by atoms with Gasteiger partial charge in [-0.1, -0.05) is 18.9 Å². The van der Waals surface area contributed by atoms with Gasteiger partial charge in [0.1, 0.15) is 11.4 Å². The number of carbonyl (C=O) groups excluding carboxylic acids is 1. The Morgan fingerprint density at radius 1 is 1.30 bits per heavy atom. The maximum atomic E-state index is 12.6. The molecule has 0 saturated heterocycles. The first-order valence-electron chi connectivity index (χ1n) is 8.47. The van der Waals surface area contributed by atoms with E-state index in [9.17, 15) is 9.70 Å². The lowest BCUT2D eigenvalue weighted by atomic mass is 9.78. The van der Waals surface area contributed by atoms with Gasteiger partial charge in [-0.3, -0.25) is 4.79 Å². The van der Waals surface area contributed by atoms with Crippen molar-refractivity contribution in [3.63, 3.8) is 0 Å². The summed E-state index contributed by atoms with van der Waals surface area (Å²) in [7, 11) is 0. The number of hydrogen-bond acceptors (Lipinski definition) is 5. The molecule has 0 unspecified atom stereocenters. The third kappa shape index (κ3) is 3.23. The number of hydrogen-bond donors (Lipinski definition) is 0. The Morgan fingerprint density at radius 3 is 2.65 bits per heavy atom. The second-order valence-electron chi connectivity index (χ2n) is 6.54. The molecule has 2 fully saturated rings. The van der Waals surface area contributed by atoms with Crippen LogP contribution in [0.5, 0.6) is 5.75 Å². The van der Waals surface area contributed by atoms with Crippen molar-refractivity contribution in [3.05, 3.63) is 28.7 Å². The summed E-state index contributed by atoms with van der Waals surface area (Å²) < 4.78 is 11.1. The summed E-state index contributed by atoms with van der Waals surface area (Å²) in [6, 6.07) is 5.30. The molecule has 5 nitrogen and oxygen atoms in total. The SMILES string of the molecule is CCOC(=O)C1(c2ccc(N=O)c(OCC3CC3)c2)CCCC1. The fraction of sp³-hybridized carbons (Fsp3) is 0.611. The Hall–Kier alpha value is -1.91. The number of benzene rings is 1. The highest BCUT2D eigenvalue weighted by molar-refractivity contribution is 5.84. The Labute approximate surface area is 136 Å². The quantitative estimate of drug-likeness (QED) is 0.557. The molecule has 0 aromatic heterocycles. The van der Waals surface area contributed by atoms with E-state index in [1.54, 1.807) is 6.07 Å². The lowest BCUT2D eigenvalue weighted by molar-refractivity contribution is -0.150. The molecule has 0 radical (unpaired) electrons. The van der Waals surface area contributed by atoms with E-state index in [-0.39, 0.29) is 5.97 Å². The summed E-state index contributed by atoms with van der Waals surface area (Å²) >= 11 is 0. The van der Waals surface area contributed by atoms with Gasteiger partial charge in [0.05, 0.1) is 18.6 Å². The molecule has 0 atom stereocenters. The molecular formula is C18H23NO4. The van der Waals surface area contributed by atoms with E-state index in [0.29, 0.717) is 30.6 Å². The van der Waals surface area contributed by atoms with Gasteiger partial charge in [-0.05, 0) is 61.4 Å². The predicted molar refractivity (Wildman–Crippen MR) is 86.9 cm³/mol. The Bertz CT molecular complexity index is 589. The number of nitrogens with zero attached hydrogens (tertiary/aromatic N) is 1. The fourth-order valence-electron chi connectivity index (χ4n) is 3.35. The molecule has 5 heteroatoms. The van der Waals surface area contributed by atoms with Gasteiger partial charge in [0, 0.05) is 0 Å². The summed E-state index contributed by atoms with van der Waals surface area (Å²) in [5, 5.41) is 3.05. The molecule has 0 spiro atoms. The van der Waals surface area contributed by atoms with Crippen LogP contribution in [0.4, 0.5) is 5.69 Å². The molecule has 2 aliphatic rings. The molecule has 2 aliphatic carbocycles. The number of ether oxygens (including phenoxy) is 2. The first-order chi connectivity index (χ1) is 11.2. The Balaban J connectivity index is 1.91. The standard InChI is InChI=1S/C18H23NO4/c1-2-22-17(20)18(9-3-4-10-18)14-7-8-15(19-21)16(11-14)23-12-13-5-6-13/h7-8,11,13H,2-6,9-10,12H2,1H3. The minimum absolute atomic E-state index is 0.169. The van der Waals surface area contributed by atoms with Crippen LogP contribution in [0.25, 0.3) is 0 Å². The molecule has 124 valence electrons. The van der Waals surface area contributed by atoms with Crippen molar-refractivity contribution in [2.45, 2.75) is 50.9 Å². The molecule has 0 bridgehead atoms. The summed E-state index contributed by atoms with van der Waals surface area (Å²) in [4.78, 5) is 23.6. The van der Waals surface area contributed by atoms with Crippen molar-refractivity contribution in [1.82, 2.24) is 0 Å². The minimum atomic E-state index is -0.602. The monoisotopic (exact) mass is 317 g/mol. The molecular weight excluding hydrogens is 294 g/mol. The number of esters is 1. The van der Waals surface area contributed by atoms with Crippen molar-refractivity contribution in [2.75, 3.05) is 13.2 Å². The Kier molecular flexibility index (Phi) is 4.64. The largest absolute Gasteiger partial charge is 0.491 e. The van der Waals surface area contributed by atoms with Gasteiger partial charge in [0.15, 0.2) is 0 Å². The molecule has 1 aromatic carbocycles. The van der Waals surface area contributed by atoms with Crippen LogP contribution < -0.4 is 4.74 Å². The highest BCUT2D eigenvalue weighted by atomic mass is 16.5. The van der Waals surface area contributed by atoms with Crippen molar-refractivity contribution < 1.29 is 14.3 Å². The third-order valence-electron chi connectivity index (χ3n) is 4.91. The molecule has 1 aromatic rings. The summed E-state index contributed by atoms with van der Waals surface area (Å²) in [6.07, 6.45) is 5.92. The molecule has 0 amide bonds. The van der Waals surface area contributed by atoms with Crippen LogP contribution in [0.15, 0.2) is 23.4 Å². The van der Waals surface area contributed by atoms with E-state index < -0.39 is 5.41 Å². The zero-order valence-corrected chi connectivity index (χ0v) is 13.5. The van der Waals surface area contributed by atoms with Crippen molar-refractivity contribution in [2.24, 2.45) is 11.1 Å². The van der Waals surface area contributed by atoms with Gasteiger partial charge in [0.2, 0.25) is 0 Å². The number of nitroso groups, excluding NO2 is 1. The smallest absolute Gasteiger partial charge is 0.316 e. The maximum Gasteiger partial charge on any atom is 0.316 e. The minimum Gasteiger partial charge on any atom is -0.491 e. The molecule has 0 aliphatic heterocycles. The summed E-state index contributed by atoms with van der Waals surface area (Å²) in [5.41, 5.74) is 0.577. The van der Waals surface area contributed by atoms with Crippen LogP contribution in [-0.2, 0) is 14.9 Å². The van der Waals surface area contributed by atoms with Gasteiger partial charge >= 0.3 is 5.97 Å². The molecule has 0 heterocycles. The van der Waals surface area contributed by atoms with E-state index in [1.807, 2.05) is 19.1 Å². The fourth-order valence-corrected chi connectivity index (χ4v) is 3.35. The molecule has 2 saturated carbocycles. The maximum absolute atomic E-state index is 12.6. The van der Waals surface area contributed by atoms with Gasteiger partial charge in [0.25, 0.3) is 0 Å². The van der Waals surface area contributed by atoms with Gasteiger partial charge in [-0.25, -0.2) is 0 Å². The number of carbonyl (C=O) groups is 1. The zero-order chi connectivity index (χ0) is 16.3. The highest BCUT2D eigenvalue weighted by Gasteiger charge is 2.44. The van der Waals surface area contributed by atoms with E-state index in [1.165, 1.54) is 12.8 Å². The lowest BCUT2D eigenvalue weighted by Gasteiger charge is -2.27. The summed E-state index contributed by atoms with van der Waals surface area (Å²) in [6.45, 7) is 2.81. The van der Waals surface area contributed by atoms with Crippen LogP contribution in [0, 0.1) is 10.8 Å². The first-order valence-corrected chi connectivity index (χ1v) is 8.47. The predicted octanol–water partition coefficient (Wildman–Crippen LogP) is 4.25. The highest BCUT2D eigenvalue weighted by Crippen LogP contribution is 2.45. The molecule has 0 N–H and O–H groups in total. The van der Waals surface area contributed by atoms with Gasteiger partial charge < -0.3 is 9.47 Å². The van der Waals surface area contributed by atoms with Crippen LogP contribution in [-0.4, -0.2) is 19.2 Å². The topological polar surface area (TPSA) is 65.0 Å². The van der Waals surface area contributed by atoms with Gasteiger partial charge in [-0.2, -0.15) is 0 Å².